The zero-order valence-corrected chi connectivity index (χ0v) is 11.7. The summed E-state index contributed by atoms with van der Waals surface area (Å²) in [6, 6.07) is 0. The Labute approximate surface area is 106 Å². The van der Waals surface area contributed by atoms with Crippen molar-refractivity contribution in [2.24, 2.45) is 16.6 Å². The van der Waals surface area contributed by atoms with Gasteiger partial charge in [0.2, 0.25) is 0 Å². The molecule has 0 fully saturated rings. The van der Waals surface area contributed by atoms with Gasteiger partial charge in [-0.2, -0.15) is 0 Å². The van der Waals surface area contributed by atoms with Crippen LogP contribution in [0, 0.1) is 5.92 Å². The second kappa shape index (κ2) is 8.80. The fourth-order valence-electron chi connectivity index (χ4n) is 1.53. The van der Waals surface area contributed by atoms with E-state index in [0.29, 0.717) is 11.8 Å². The monoisotopic (exact) mass is 234 g/mol. The normalized spacial score (nSPS) is 15.9. The second-order valence-corrected chi connectivity index (χ2v) is 4.29. The molecule has 0 aliphatic carbocycles. The summed E-state index contributed by atoms with van der Waals surface area (Å²) in [5.41, 5.74) is 8.32. The Kier molecular flexibility index (Phi) is 8.12. The maximum Gasteiger partial charge on any atom is 0.130 e. The van der Waals surface area contributed by atoms with E-state index in [1.807, 2.05) is 0 Å². The Hall–Kier alpha value is -1.31. The highest BCUT2D eigenvalue weighted by atomic mass is 14.8. The van der Waals surface area contributed by atoms with Gasteiger partial charge in [-0.1, -0.05) is 51.5 Å². The van der Waals surface area contributed by atoms with Crippen LogP contribution >= 0.6 is 0 Å². The van der Waals surface area contributed by atoms with Crippen molar-refractivity contribution in [3.8, 4) is 0 Å². The molecule has 1 atom stereocenters. The van der Waals surface area contributed by atoms with Crippen LogP contribution in [0.15, 0.2) is 41.1 Å². The zero-order valence-electron chi connectivity index (χ0n) is 11.7. The van der Waals surface area contributed by atoms with Crippen LogP contribution in [0.2, 0.25) is 0 Å². The van der Waals surface area contributed by atoms with Gasteiger partial charge in [0.05, 0.1) is 0 Å². The van der Waals surface area contributed by atoms with Crippen LogP contribution in [0.25, 0.3) is 0 Å². The van der Waals surface area contributed by atoms with Gasteiger partial charge in [-0.15, -0.1) is 0 Å². The molecule has 0 aliphatic rings. The van der Waals surface area contributed by atoms with Gasteiger partial charge < -0.3 is 5.73 Å². The number of nitrogens with two attached hydrogens (primary N) is 1. The third-order valence-corrected chi connectivity index (χ3v) is 3.02. The van der Waals surface area contributed by atoms with E-state index < -0.39 is 0 Å². The van der Waals surface area contributed by atoms with Crippen LogP contribution in [0.5, 0.6) is 0 Å². The van der Waals surface area contributed by atoms with Crippen molar-refractivity contribution < 1.29 is 0 Å². The van der Waals surface area contributed by atoms with Gasteiger partial charge in [-0.05, 0) is 25.7 Å². The molecule has 2 nitrogen and oxygen atoms in total. The molecule has 1 unspecified atom stereocenters. The summed E-state index contributed by atoms with van der Waals surface area (Å²) in [5, 5.41) is 0. The highest BCUT2D eigenvalue weighted by Crippen LogP contribution is 2.19. The molecule has 0 aromatic carbocycles. The standard InChI is InChI=1S/C15H26N2/c1-6-9-10-11-14(15(16)17-8-3)13(5)12(4)7-2/h8,10-12H,3,6-7,9H2,1-2,4-5H3,(H2,16,17)/b11-10-,14-13-. The van der Waals surface area contributed by atoms with Gasteiger partial charge in [-0.3, -0.25) is 0 Å². The summed E-state index contributed by atoms with van der Waals surface area (Å²) in [6.45, 7) is 12.3. The first-order valence-corrected chi connectivity index (χ1v) is 6.40. The van der Waals surface area contributed by atoms with Crippen LogP contribution in [0.4, 0.5) is 0 Å². The maximum atomic E-state index is 5.97. The number of nitrogens with zero attached hydrogens (tertiary/aromatic N) is 1. The van der Waals surface area contributed by atoms with E-state index in [-0.39, 0.29) is 0 Å². The van der Waals surface area contributed by atoms with Gasteiger partial charge >= 0.3 is 0 Å². The number of unbranched alkanes of at least 4 members (excludes halogenated alkanes) is 1. The molecular formula is C15H26N2. The Bertz CT molecular complexity index is 322. The molecule has 0 aromatic heterocycles. The Morgan fingerprint density at radius 3 is 2.53 bits per heavy atom. The Morgan fingerprint density at radius 2 is 2.06 bits per heavy atom. The van der Waals surface area contributed by atoms with Gasteiger partial charge in [0.15, 0.2) is 0 Å². The summed E-state index contributed by atoms with van der Waals surface area (Å²) >= 11 is 0. The first-order chi connectivity index (χ1) is 8.08. The van der Waals surface area contributed by atoms with Crippen molar-refractivity contribution in [2.75, 3.05) is 0 Å². The number of amidine groups is 1. The number of allylic oxidation sites excluding steroid dienone is 2. The van der Waals surface area contributed by atoms with Crippen molar-refractivity contribution >= 4 is 5.84 Å². The molecule has 0 bridgehead atoms. The SMILES string of the molecule is C=CN=C(N)C(/C=C\CCC)=C(/C)C(C)CC. The molecule has 17 heavy (non-hydrogen) atoms. The van der Waals surface area contributed by atoms with E-state index in [9.17, 15) is 0 Å². The lowest BCUT2D eigenvalue weighted by Gasteiger charge is -2.14. The van der Waals surface area contributed by atoms with Crippen LogP contribution < -0.4 is 5.73 Å². The molecule has 2 heteroatoms. The first-order valence-electron chi connectivity index (χ1n) is 6.40. The lowest BCUT2D eigenvalue weighted by molar-refractivity contribution is 0.653. The van der Waals surface area contributed by atoms with Gasteiger partial charge in [0.25, 0.3) is 0 Å². The average molecular weight is 234 g/mol. The summed E-state index contributed by atoms with van der Waals surface area (Å²) in [7, 11) is 0. The van der Waals surface area contributed by atoms with E-state index in [1.54, 1.807) is 0 Å². The average Bonchev–Trinajstić information content (AvgIpc) is 2.33. The van der Waals surface area contributed by atoms with E-state index >= 15 is 0 Å². The topological polar surface area (TPSA) is 38.4 Å². The Morgan fingerprint density at radius 1 is 1.41 bits per heavy atom. The number of hydrogen-bond acceptors (Lipinski definition) is 1. The molecule has 0 saturated carbocycles. The molecule has 96 valence electrons. The second-order valence-electron chi connectivity index (χ2n) is 4.29. The van der Waals surface area contributed by atoms with Crippen molar-refractivity contribution in [1.29, 1.82) is 0 Å². The number of aliphatic imine (C=N–C) groups is 1. The van der Waals surface area contributed by atoms with Crippen molar-refractivity contribution in [3.63, 3.8) is 0 Å². The van der Waals surface area contributed by atoms with E-state index in [4.69, 9.17) is 5.73 Å². The Balaban J connectivity index is 5.23. The third-order valence-electron chi connectivity index (χ3n) is 3.02. The van der Waals surface area contributed by atoms with Crippen LogP contribution in [-0.4, -0.2) is 5.84 Å². The van der Waals surface area contributed by atoms with E-state index in [0.717, 1.165) is 24.8 Å². The predicted molar refractivity (Wildman–Crippen MR) is 78.0 cm³/mol. The summed E-state index contributed by atoms with van der Waals surface area (Å²) < 4.78 is 0. The van der Waals surface area contributed by atoms with E-state index in [2.05, 4.69) is 51.4 Å². The summed E-state index contributed by atoms with van der Waals surface area (Å²) in [4.78, 5) is 4.09. The summed E-state index contributed by atoms with van der Waals surface area (Å²) in [6.07, 6.45) is 9.06. The lowest BCUT2D eigenvalue weighted by Crippen LogP contribution is -2.16. The fourth-order valence-corrected chi connectivity index (χ4v) is 1.53. The lowest BCUT2D eigenvalue weighted by atomic mass is 9.94. The van der Waals surface area contributed by atoms with Crippen molar-refractivity contribution in [1.82, 2.24) is 0 Å². The van der Waals surface area contributed by atoms with Crippen LogP contribution in [0.1, 0.15) is 47.0 Å². The minimum absolute atomic E-state index is 0.523. The first kappa shape index (κ1) is 15.7. The van der Waals surface area contributed by atoms with Crippen LogP contribution in [-0.2, 0) is 0 Å². The molecule has 0 saturated heterocycles. The third kappa shape index (κ3) is 5.53. The van der Waals surface area contributed by atoms with Gasteiger partial charge in [0, 0.05) is 11.8 Å². The maximum absolute atomic E-state index is 5.97. The van der Waals surface area contributed by atoms with Gasteiger partial charge in [-0.25, -0.2) is 4.99 Å². The smallest absolute Gasteiger partial charge is 0.130 e. The van der Waals surface area contributed by atoms with Crippen molar-refractivity contribution in [2.45, 2.75) is 47.0 Å². The molecule has 0 rings (SSSR count). The minimum atomic E-state index is 0.523. The molecular weight excluding hydrogens is 208 g/mol. The molecule has 0 radical (unpaired) electrons. The van der Waals surface area contributed by atoms with Crippen LogP contribution in [0.3, 0.4) is 0 Å². The molecule has 0 aromatic rings. The highest BCUT2D eigenvalue weighted by Gasteiger charge is 2.09. The molecule has 2 N–H and O–H groups in total. The predicted octanol–water partition coefficient (Wildman–Crippen LogP) is 4.21. The number of rotatable bonds is 7. The summed E-state index contributed by atoms with van der Waals surface area (Å²) in [5.74, 6) is 1.08. The largest absolute Gasteiger partial charge is 0.383 e. The highest BCUT2D eigenvalue weighted by molar-refractivity contribution is 6.00. The van der Waals surface area contributed by atoms with E-state index in [1.165, 1.54) is 11.8 Å². The van der Waals surface area contributed by atoms with Crippen molar-refractivity contribution in [3.05, 3.63) is 36.1 Å². The van der Waals surface area contributed by atoms with Gasteiger partial charge in [0.1, 0.15) is 5.84 Å². The fraction of sp³-hybridized carbons (Fsp3) is 0.533. The molecule has 0 spiro atoms. The number of hydrogen-bond donors (Lipinski definition) is 1. The molecule has 0 amide bonds. The molecule has 0 aliphatic heterocycles. The zero-order chi connectivity index (χ0) is 13.3. The molecule has 0 heterocycles. The minimum Gasteiger partial charge on any atom is -0.383 e. The quantitative estimate of drug-likeness (QED) is 0.400.